The van der Waals surface area contributed by atoms with Crippen LogP contribution in [0.5, 0.6) is 0 Å². The van der Waals surface area contributed by atoms with Crippen molar-refractivity contribution < 1.29 is 30.6 Å². The van der Waals surface area contributed by atoms with Gasteiger partial charge in [-0.1, -0.05) is 30.3 Å². The summed E-state index contributed by atoms with van der Waals surface area (Å²) in [7, 11) is -2.67. The Morgan fingerprint density at radius 1 is 0.824 bits per heavy atom. The summed E-state index contributed by atoms with van der Waals surface area (Å²) in [6, 6.07) is 9.95. The van der Waals surface area contributed by atoms with Crippen molar-refractivity contribution >= 4 is 14.0 Å². The van der Waals surface area contributed by atoms with E-state index in [1.165, 1.54) is 0 Å². The van der Waals surface area contributed by atoms with Gasteiger partial charge in [0.25, 0.3) is 0 Å². The largest absolute Gasteiger partial charge is 0.537 e. The van der Waals surface area contributed by atoms with Gasteiger partial charge >= 0.3 is 8.80 Å². The average molecular weight is 292 g/mol. The fraction of sp³-hybridized carbons (Fsp3) is 0.500. The Morgan fingerprint density at radius 3 is 1.59 bits per heavy atom. The van der Waals surface area contributed by atoms with Gasteiger partial charge in [-0.2, -0.15) is 0 Å². The Bertz CT molecular complexity index is 278. The normalized spacial score (nSPS) is 11.0. The van der Waals surface area contributed by atoms with Gasteiger partial charge in [0.2, 0.25) is 0 Å². The molecule has 1 rings (SSSR count). The van der Waals surface area contributed by atoms with E-state index in [1.807, 2.05) is 51.1 Å². The second kappa shape index (κ2) is 8.87. The Balaban J connectivity index is 0.00000256. The molecule has 1 aromatic carbocycles. The van der Waals surface area contributed by atoms with E-state index in [-0.39, 0.29) is 17.4 Å². The van der Waals surface area contributed by atoms with Gasteiger partial charge in [0, 0.05) is 42.4 Å². The third-order valence-corrected chi connectivity index (χ3v) is 5.18. The molecule has 0 heterocycles. The van der Waals surface area contributed by atoms with Crippen LogP contribution >= 0.6 is 0 Å². The van der Waals surface area contributed by atoms with Gasteiger partial charge in [-0.25, -0.2) is 0 Å². The zero-order valence-electron chi connectivity index (χ0n) is 10.6. The Labute approximate surface area is 116 Å². The smallest absolute Gasteiger partial charge is 0.370 e. The van der Waals surface area contributed by atoms with Gasteiger partial charge in [0.05, 0.1) is 0 Å². The predicted molar refractivity (Wildman–Crippen MR) is 66.7 cm³/mol. The second-order valence-corrected chi connectivity index (χ2v) is 5.78. The van der Waals surface area contributed by atoms with Crippen LogP contribution in [0.15, 0.2) is 30.3 Å². The fourth-order valence-corrected chi connectivity index (χ4v) is 4.08. The van der Waals surface area contributed by atoms with Crippen molar-refractivity contribution in [2.24, 2.45) is 0 Å². The molecule has 0 aliphatic rings. The minimum atomic E-state index is -2.67. The summed E-state index contributed by atoms with van der Waals surface area (Å²) in [5, 5.41) is 1.03. The summed E-state index contributed by atoms with van der Waals surface area (Å²) in [4.78, 5) is 0. The van der Waals surface area contributed by atoms with Crippen LogP contribution in [0.3, 0.4) is 0 Å². The van der Waals surface area contributed by atoms with Crippen LogP contribution in [0.1, 0.15) is 20.8 Å². The van der Waals surface area contributed by atoms with Crippen molar-refractivity contribution in [1.82, 2.24) is 0 Å². The molecule has 0 spiro atoms. The van der Waals surface area contributed by atoms with E-state index in [4.69, 9.17) is 13.3 Å². The van der Waals surface area contributed by atoms with E-state index in [0.717, 1.165) is 5.19 Å². The van der Waals surface area contributed by atoms with Crippen LogP contribution < -0.4 is 5.19 Å². The number of hydrogen-bond acceptors (Lipinski definition) is 3. The molecule has 5 heteroatoms. The molecule has 0 atom stereocenters. The predicted octanol–water partition coefficient (Wildman–Crippen LogP) is 1.94. The Hall–Kier alpha value is -0.151. The summed E-state index contributed by atoms with van der Waals surface area (Å²) in [5.74, 6) is 0. The van der Waals surface area contributed by atoms with Crippen molar-refractivity contribution in [3.8, 4) is 0 Å². The first kappa shape index (κ1) is 16.8. The summed E-state index contributed by atoms with van der Waals surface area (Å²) in [6.45, 7) is 7.68. The van der Waals surface area contributed by atoms with E-state index in [0.29, 0.717) is 19.8 Å². The molecule has 0 N–H and O–H groups in total. The SMILES string of the molecule is CCO[Si](OCC)(OCC)c1ccccc1.[Cr]. The van der Waals surface area contributed by atoms with E-state index in [1.54, 1.807) is 0 Å². The summed E-state index contributed by atoms with van der Waals surface area (Å²) in [6.07, 6.45) is 0. The summed E-state index contributed by atoms with van der Waals surface area (Å²) < 4.78 is 17.4. The number of hydrogen-bond donors (Lipinski definition) is 0. The number of benzene rings is 1. The molecular weight excluding hydrogens is 272 g/mol. The van der Waals surface area contributed by atoms with Crippen molar-refractivity contribution in [3.63, 3.8) is 0 Å². The third-order valence-electron chi connectivity index (χ3n) is 2.13. The molecular formula is C12H20CrO3Si. The maximum atomic E-state index is 5.79. The quantitative estimate of drug-likeness (QED) is 0.719. The first-order valence-electron chi connectivity index (χ1n) is 5.76. The first-order valence-corrected chi connectivity index (χ1v) is 7.49. The molecule has 0 fully saturated rings. The second-order valence-electron chi connectivity index (χ2n) is 3.22. The third kappa shape index (κ3) is 4.55. The molecule has 3 nitrogen and oxygen atoms in total. The van der Waals surface area contributed by atoms with Gasteiger partial charge in [-0.3, -0.25) is 0 Å². The molecule has 96 valence electrons. The van der Waals surface area contributed by atoms with E-state index < -0.39 is 8.80 Å². The molecule has 17 heavy (non-hydrogen) atoms. The van der Waals surface area contributed by atoms with E-state index in [2.05, 4.69) is 0 Å². The zero-order chi connectivity index (χ0) is 11.9. The van der Waals surface area contributed by atoms with Crippen molar-refractivity contribution in [1.29, 1.82) is 0 Å². The molecule has 0 amide bonds. The van der Waals surface area contributed by atoms with Crippen LogP contribution in [0.25, 0.3) is 0 Å². The first-order chi connectivity index (χ1) is 7.79. The van der Waals surface area contributed by atoms with Gasteiger partial charge in [-0.05, 0) is 20.8 Å². The van der Waals surface area contributed by atoms with Gasteiger partial charge in [0.15, 0.2) is 0 Å². The Morgan fingerprint density at radius 2 is 1.24 bits per heavy atom. The molecule has 0 aliphatic heterocycles. The van der Waals surface area contributed by atoms with Crippen LogP contribution in [0, 0.1) is 0 Å². The summed E-state index contributed by atoms with van der Waals surface area (Å²) in [5.41, 5.74) is 0. The molecule has 0 aromatic heterocycles. The molecule has 0 aliphatic carbocycles. The van der Waals surface area contributed by atoms with Gasteiger partial charge < -0.3 is 13.3 Å². The van der Waals surface area contributed by atoms with E-state index in [9.17, 15) is 0 Å². The maximum absolute atomic E-state index is 5.79. The minimum absolute atomic E-state index is 0. The molecule has 0 unspecified atom stereocenters. The topological polar surface area (TPSA) is 27.7 Å². The molecule has 0 saturated carbocycles. The van der Waals surface area contributed by atoms with Crippen LogP contribution in [0.4, 0.5) is 0 Å². The Kier molecular flexibility index (Phi) is 8.79. The molecule has 0 bridgehead atoms. The standard InChI is InChI=1S/C12H20O3Si.Cr/c1-4-13-16(14-5-2,15-6-3)12-10-8-7-9-11-12;/h7-11H,4-6H2,1-3H3;. The van der Waals surface area contributed by atoms with Crippen LogP contribution in [-0.2, 0) is 30.6 Å². The molecule has 0 saturated heterocycles. The molecule has 1 aromatic rings. The fourth-order valence-electron chi connectivity index (χ4n) is 1.59. The van der Waals surface area contributed by atoms with Crippen LogP contribution in [0.2, 0.25) is 0 Å². The summed E-state index contributed by atoms with van der Waals surface area (Å²) >= 11 is 0. The van der Waals surface area contributed by atoms with E-state index >= 15 is 0 Å². The minimum Gasteiger partial charge on any atom is -0.370 e. The van der Waals surface area contributed by atoms with Crippen LogP contribution in [-0.4, -0.2) is 28.6 Å². The monoisotopic (exact) mass is 292 g/mol. The maximum Gasteiger partial charge on any atom is 0.537 e. The van der Waals surface area contributed by atoms with Gasteiger partial charge in [-0.15, -0.1) is 0 Å². The van der Waals surface area contributed by atoms with Gasteiger partial charge in [0.1, 0.15) is 0 Å². The van der Waals surface area contributed by atoms with Crippen molar-refractivity contribution in [3.05, 3.63) is 30.3 Å². The van der Waals surface area contributed by atoms with Crippen molar-refractivity contribution in [2.45, 2.75) is 20.8 Å². The number of rotatable bonds is 7. The molecule has 0 radical (unpaired) electrons. The average Bonchev–Trinajstić information content (AvgIpc) is 2.31. The zero-order valence-corrected chi connectivity index (χ0v) is 12.9. The van der Waals surface area contributed by atoms with Crippen molar-refractivity contribution in [2.75, 3.05) is 19.8 Å².